The van der Waals surface area contributed by atoms with Crippen molar-refractivity contribution >= 4 is 17.6 Å². The number of nitrogens with zero attached hydrogens (tertiary/aromatic N) is 2. The molecule has 0 bridgehead atoms. The first-order valence-corrected chi connectivity index (χ1v) is 8.38. The highest BCUT2D eigenvalue weighted by atomic mass is 35.5. The monoisotopic (exact) mass is 422 g/mol. The molecule has 0 saturated carbocycles. The zero-order valence-corrected chi connectivity index (χ0v) is 15.7. The average molecular weight is 423 g/mol. The molecule has 6 nitrogen and oxygen atoms in total. The number of halogens is 5. The van der Waals surface area contributed by atoms with E-state index in [-0.39, 0.29) is 23.3 Å². The van der Waals surface area contributed by atoms with Gasteiger partial charge in [0.05, 0.1) is 29.0 Å². The molecular weight excluding hydrogens is 408 g/mol. The molecule has 0 aliphatic rings. The Morgan fingerprint density at radius 3 is 2.46 bits per heavy atom. The van der Waals surface area contributed by atoms with Gasteiger partial charge in [0, 0.05) is 6.07 Å². The van der Waals surface area contributed by atoms with Crippen LogP contribution in [0.2, 0.25) is 5.02 Å². The van der Waals surface area contributed by atoms with Gasteiger partial charge in [-0.15, -0.1) is 0 Å². The van der Waals surface area contributed by atoms with Gasteiger partial charge in [0.15, 0.2) is 5.69 Å². The van der Waals surface area contributed by atoms with E-state index in [9.17, 15) is 27.2 Å². The van der Waals surface area contributed by atoms with Crippen molar-refractivity contribution in [1.29, 1.82) is 0 Å². The second kappa shape index (κ2) is 8.17. The van der Waals surface area contributed by atoms with Crippen LogP contribution in [0, 0.1) is 5.82 Å². The normalized spacial score (nSPS) is 11.6. The number of hydrogen-bond donors (Lipinski definition) is 0. The maximum atomic E-state index is 14.5. The molecule has 2 aromatic rings. The molecule has 0 atom stereocenters. The van der Waals surface area contributed by atoms with Crippen LogP contribution in [0.25, 0.3) is 5.69 Å². The fourth-order valence-corrected chi connectivity index (χ4v) is 2.42. The minimum absolute atomic E-state index is 0.148. The lowest BCUT2D eigenvalue weighted by atomic mass is 10.2. The summed E-state index contributed by atoms with van der Waals surface area (Å²) in [5.41, 5.74) is -3.59. The minimum Gasteiger partial charge on any atom is -0.465 e. The Morgan fingerprint density at radius 1 is 1.29 bits per heavy atom. The Labute approximate surface area is 161 Å². The van der Waals surface area contributed by atoms with Gasteiger partial charge in [0.25, 0.3) is 5.56 Å². The fraction of sp³-hybridized carbons (Fsp3) is 0.353. The van der Waals surface area contributed by atoms with E-state index >= 15 is 0 Å². The smallest absolute Gasteiger partial charge is 0.433 e. The maximum absolute atomic E-state index is 14.5. The van der Waals surface area contributed by atoms with Gasteiger partial charge in [-0.2, -0.15) is 18.2 Å². The van der Waals surface area contributed by atoms with E-state index in [2.05, 4.69) is 4.98 Å². The summed E-state index contributed by atoms with van der Waals surface area (Å²) >= 11 is 5.87. The molecule has 0 amide bonds. The molecule has 0 saturated heterocycles. The van der Waals surface area contributed by atoms with Crippen molar-refractivity contribution < 1.29 is 31.8 Å². The average Bonchev–Trinajstić information content (AvgIpc) is 2.54. The Hall–Kier alpha value is -2.62. The fourth-order valence-electron chi connectivity index (χ4n) is 2.20. The van der Waals surface area contributed by atoms with Crippen LogP contribution in [0.15, 0.2) is 23.0 Å². The minimum atomic E-state index is -4.91. The Bertz CT molecular complexity index is 957. The second-order valence-corrected chi connectivity index (χ2v) is 6.17. The largest absolute Gasteiger partial charge is 0.465 e. The third-order valence-electron chi connectivity index (χ3n) is 3.29. The summed E-state index contributed by atoms with van der Waals surface area (Å²) in [5, 5.41) is -0.294. The third kappa shape index (κ3) is 4.61. The zero-order chi connectivity index (χ0) is 21.2. The summed E-state index contributed by atoms with van der Waals surface area (Å²) in [7, 11) is 0. The molecule has 0 aliphatic carbocycles. The van der Waals surface area contributed by atoms with Gasteiger partial charge in [-0.3, -0.25) is 4.79 Å². The summed E-state index contributed by atoms with van der Waals surface area (Å²) < 4.78 is 63.7. The molecule has 0 aliphatic heterocycles. The van der Waals surface area contributed by atoms with Crippen molar-refractivity contribution in [3.05, 3.63) is 50.7 Å². The number of benzene rings is 1. The standard InChI is InChI=1S/C17H15ClF4N2O4/c1-4-27-16-23-13(17(20,21)22)7-14(25)24(16)12-5-9(10(18)6-11(12)19)15(26)28-8(2)3/h5-8H,4H2,1-3H3. The van der Waals surface area contributed by atoms with Crippen molar-refractivity contribution in [2.24, 2.45) is 0 Å². The molecule has 28 heavy (non-hydrogen) atoms. The first-order chi connectivity index (χ1) is 13.0. The second-order valence-electron chi connectivity index (χ2n) is 5.77. The van der Waals surface area contributed by atoms with Crippen LogP contribution in [-0.4, -0.2) is 28.2 Å². The molecular formula is C17H15ClF4N2O4. The first kappa shape index (κ1) is 21.7. The van der Waals surface area contributed by atoms with E-state index in [0.29, 0.717) is 4.57 Å². The van der Waals surface area contributed by atoms with Crippen molar-refractivity contribution in [2.45, 2.75) is 33.1 Å². The number of alkyl halides is 3. The van der Waals surface area contributed by atoms with Crippen molar-refractivity contribution in [2.75, 3.05) is 6.61 Å². The number of carbonyl (C=O) groups excluding carboxylic acids is 1. The summed E-state index contributed by atoms with van der Waals surface area (Å²) in [4.78, 5) is 27.7. The van der Waals surface area contributed by atoms with Crippen LogP contribution in [0.3, 0.4) is 0 Å². The highest BCUT2D eigenvalue weighted by Crippen LogP contribution is 2.30. The summed E-state index contributed by atoms with van der Waals surface area (Å²) in [5.74, 6) is -1.97. The summed E-state index contributed by atoms with van der Waals surface area (Å²) in [6.07, 6.45) is -5.42. The van der Waals surface area contributed by atoms with E-state index in [1.807, 2.05) is 0 Å². The number of carbonyl (C=O) groups is 1. The predicted octanol–water partition coefficient (Wildman–Crippen LogP) is 4.01. The summed E-state index contributed by atoms with van der Waals surface area (Å²) in [6.45, 7) is 4.45. The molecule has 152 valence electrons. The first-order valence-electron chi connectivity index (χ1n) is 8.00. The number of rotatable bonds is 5. The topological polar surface area (TPSA) is 70.4 Å². The Kier molecular flexibility index (Phi) is 6.33. The highest BCUT2D eigenvalue weighted by Gasteiger charge is 2.35. The van der Waals surface area contributed by atoms with Crippen LogP contribution < -0.4 is 10.3 Å². The van der Waals surface area contributed by atoms with Crippen LogP contribution in [0.4, 0.5) is 17.6 Å². The molecule has 1 aromatic carbocycles. The van der Waals surface area contributed by atoms with Gasteiger partial charge in [-0.05, 0) is 32.9 Å². The molecule has 0 radical (unpaired) electrons. The van der Waals surface area contributed by atoms with Crippen molar-refractivity contribution in [3.8, 4) is 11.7 Å². The van der Waals surface area contributed by atoms with E-state index < -0.39 is 47.0 Å². The summed E-state index contributed by atoms with van der Waals surface area (Å²) in [6, 6.07) is 1.05. The zero-order valence-electron chi connectivity index (χ0n) is 14.9. The van der Waals surface area contributed by atoms with Gasteiger partial charge in [0.1, 0.15) is 5.82 Å². The third-order valence-corrected chi connectivity index (χ3v) is 3.60. The Balaban J connectivity index is 2.73. The van der Waals surface area contributed by atoms with E-state index in [1.165, 1.54) is 6.92 Å². The lowest BCUT2D eigenvalue weighted by Crippen LogP contribution is -2.26. The predicted molar refractivity (Wildman–Crippen MR) is 91.5 cm³/mol. The number of ether oxygens (including phenoxy) is 2. The van der Waals surface area contributed by atoms with E-state index in [1.54, 1.807) is 13.8 Å². The molecule has 0 fully saturated rings. The van der Waals surface area contributed by atoms with Crippen LogP contribution in [-0.2, 0) is 10.9 Å². The van der Waals surface area contributed by atoms with Crippen molar-refractivity contribution in [3.63, 3.8) is 0 Å². The molecule has 0 spiro atoms. The number of esters is 1. The van der Waals surface area contributed by atoms with Crippen molar-refractivity contribution in [1.82, 2.24) is 9.55 Å². The molecule has 11 heteroatoms. The lowest BCUT2D eigenvalue weighted by molar-refractivity contribution is -0.141. The number of hydrogen-bond acceptors (Lipinski definition) is 5. The quantitative estimate of drug-likeness (QED) is 0.538. The van der Waals surface area contributed by atoms with Gasteiger partial charge < -0.3 is 9.47 Å². The van der Waals surface area contributed by atoms with Gasteiger partial charge in [-0.25, -0.2) is 13.8 Å². The van der Waals surface area contributed by atoms with Gasteiger partial charge >= 0.3 is 18.2 Å². The molecule has 1 heterocycles. The van der Waals surface area contributed by atoms with E-state index in [4.69, 9.17) is 21.1 Å². The van der Waals surface area contributed by atoms with Gasteiger partial charge in [-0.1, -0.05) is 11.6 Å². The van der Waals surface area contributed by atoms with Crippen LogP contribution in [0.1, 0.15) is 36.8 Å². The SMILES string of the molecule is CCOc1nc(C(F)(F)F)cc(=O)n1-c1cc(C(=O)OC(C)C)c(Cl)cc1F. The Morgan fingerprint density at radius 2 is 1.93 bits per heavy atom. The highest BCUT2D eigenvalue weighted by molar-refractivity contribution is 6.33. The van der Waals surface area contributed by atoms with Gasteiger partial charge in [0.2, 0.25) is 0 Å². The maximum Gasteiger partial charge on any atom is 0.433 e. The van der Waals surface area contributed by atoms with E-state index in [0.717, 1.165) is 12.1 Å². The molecule has 1 aromatic heterocycles. The van der Waals surface area contributed by atoms with Crippen LogP contribution >= 0.6 is 11.6 Å². The molecule has 2 rings (SSSR count). The molecule has 0 N–H and O–H groups in total. The number of aromatic nitrogens is 2. The van der Waals surface area contributed by atoms with Crippen LogP contribution in [0.5, 0.6) is 6.01 Å². The molecule has 0 unspecified atom stereocenters. The lowest BCUT2D eigenvalue weighted by Gasteiger charge is -2.16.